The molecule has 2 atom stereocenters. The number of nitrogens with zero attached hydrogens (tertiary/aromatic N) is 3. The van der Waals surface area contributed by atoms with E-state index in [2.05, 4.69) is 291 Å². The minimum Gasteiger partial charge on any atom is -0.334 e. The molecule has 79 heavy (non-hydrogen) atoms. The van der Waals surface area contributed by atoms with E-state index in [4.69, 9.17) is 0 Å². The minimum absolute atomic E-state index is 0.00525. The lowest BCUT2D eigenvalue weighted by atomic mass is 9.27. The van der Waals surface area contributed by atoms with Gasteiger partial charge in [-0.25, -0.2) is 0 Å². The Bertz CT molecular complexity index is 3840. The predicted octanol–water partition coefficient (Wildman–Crippen LogP) is 17.8. The Morgan fingerprint density at radius 2 is 0.797 bits per heavy atom. The van der Waals surface area contributed by atoms with Crippen molar-refractivity contribution in [2.45, 2.75) is 134 Å². The average molecular weight is 1030 g/mol. The Kier molecular flexibility index (Phi) is 10.8. The summed E-state index contributed by atoms with van der Waals surface area (Å²) in [6.07, 6.45) is 4.75. The van der Waals surface area contributed by atoms with Crippen LogP contribution in [0.1, 0.15) is 146 Å². The smallest absolute Gasteiger partial charge is 0.253 e. The van der Waals surface area contributed by atoms with E-state index in [9.17, 15) is 0 Å². The molecule has 4 aliphatic heterocycles. The molecule has 4 heterocycles. The molecule has 5 aliphatic rings. The number of para-hydroxylation sites is 1. The van der Waals surface area contributed by atoms with Gasteiger partial charge >= 0.3 is 0 Å². The van der Waals surface area contributed by atoms with E-state index in [1.165, 1.54) is 131 Å². The largest absolute Gasteiger partial charge is 0.334 e. The third kappa shape index (κ3) is 7.11. The van der Waals surface area contributed by atoms with E-state index in [0.717, 1.165) is 12.1 Å². The predicted molar refractivity (Wildman–Crippen MR) is 337 cm³/mol. The SMILES string of the molecule is CC(C)(C)c1ccc(N2c3cc(N4c5ccccc5C5(C)CCCCC45C)cc4c3B3c5c(cc(C(C)(C)C)cc5C(c5ccccc5)(c5ccccc5)c5cc(C(C)(C)C)cc2c53)N4c2ccc(-c3ccccc3)cc2)cc1. The van der Waals surface area contributed by atoms with E-state index in [-0.39, 0.29) is 33.9 Å². The zero-order valence-electron chi connectivity index (χ0n) is 48.3. The van der Waals surface area contributed by atoms with Crippen LogP contribution >= 0.6 is 0 Å². The highest BCUT2D eigenvalue weighted by Gasteiger charge is 2.60. The highest BCUT2D eigenvalue weighted by molar-refractivity contribution is 7.01. The summed E-state index contributed by atoms with van der Waals surface area (Å²) in [4.78, 5) is 8.22. The van der Waals surface area contributed by atoms with Crippen LogP contribution in [0, 0.1) is 0 Å². The quantitative estimate of drug-likeness (QED) is 0.154. The first-order valence-corrected chi connectivity index (χ1v) is 29.3. The zero-order valence-corrected chi connectivity index (χ0v) is 48.3. The van der Waals surface area contributed by atoms with Gasteiger partial charge in [0.1, 0.15) is 0 Å². The molecule has 392 valence electrons. The van der Waals surface area contributed by atoms with Gasteiger partial charge in [-0.1, -0.05) is 228 Å². The van der Waals surface area contributed by atoms with Gasteiger partial charge in [0.05, 0.1) is 11.0 Å². The summed E-state index contributed by atoms with van der Waals surface area (Å²) < 4.78 is 0. The second kappa shape index (κ2) is 17.2. The van der Waals surface area contributed by atoms with Crippen molar-refractivity contribution < 1.29 is 0 Å². The molecule has 0 amide bonds. The van der Waals surface area contributed by atoms with Crippen molar-refractivity contribution in [2.24, 2.45) is 0 Å². The van der Waals surface area contributed by atoms with Crippen LogP contribution in [-0.4, -0.2) is 12.3 Å². The molecule has 0 aromatic heterocycles. The Labute approximate surface area is 471 Å². The lowest BCUT2D eigenvalue weighted by molar-refractivity contribution is 0.195. The van der Waals surface area contributed by atoms with Crippen molar-refractivity contribution in [3.8, 4) is 11.1 Å². The van der Waals surface area contributed by atoms with E-state index in [0.29, 0.717) is 0 Å². The molecule has 14 rings (SSSR count). The number of benzene rings is 9. The van der Waals surface area contributed by atoms with Crippen LogP contribution in [0.15, 0.2) is 200 Å². The van der Waals surface area contributed by atoms with Crippen LogP contribution in [0.5, 0.6) is 0 Å². The molecular formula is C75H74BN3. The number of hydrogen-bond donors (Lipinski definition) is 0. The van der Waals surface area contributed by atoms with Gasteiger partial charge in [-0.2, -0.15) is 0 Å². The normalized spacial score (nSPS) is 19.5. The van der Waals surface area contributed by atoms with Crippen molar-refractivity contribution in [1.29, 1.82) is 0 Å². The van der Waals surface area contributed by atoms with Crippen LogP contribution in [0.25, 0.3) is 11.1 Å². The first-order chi connectivity index (χ1) is 37.8. The van der Waals surface area contributed by atoms with Gasteiger partial charge < -0.3 is 14.7 Å². The monoisotopic (exact) mass is 1030 g/mol. The molecule has 1 fully saturated rings. The number of fused-ring (bicyclic) bond motifs is 3. The first kappa shape index (κ1) is 49.7. The average Bonchev–Trinajstić information content (AvgIpc) is 3.30. The van der Waals surface area contributed by atoms with Gasteiger partial charge in [-0.15, -0.1) is 0 Å². The lowest BCUT2D eigenvalue weighted by Crippen LogP contribution is -2.68. The molecule has 0 saturated heterocycles. The molecule has 9 aromatic rings. The summed E-state index contributed by atoms with van der Waals surface area (Å²) >= 11 is 0. The minimum atomic E-state index is -0.686. The standard InChI is InChI=1S/C75H74BN3/c1-70(2,3)51-35-39-57(40-36-51)78-64-46-55(72(7,8)9)44-61-68(64)76-67-60(75(61,52-27-17-13-18-28-52)53-29-19-14-20-30-53)43-54(71(4,5)6)45-63(67)77(56-37-33-50(34-38-56)49-25-15-12-16-26-49)65-47-58(48-66(78)69(65)76)79-62-32-22-21-31-59(62)73(10)41-23-24-42-74(73,79)11/h12-22,25-40,43-48H,23-24,41-42H2,1-11H3. The van der Waals surface area contributed by atoms with E-state index < -0.39 is 5.41 Å². The van der Waals surface area contributed by atoms with Crippen molar-refractivity contribution in [3.05, 3.63) is 245 Å². The van der Waals surface area contributed by atoms with E-state index in [1.807, 2.05) is 0 Å². The van der Waals surface area contributed by atoms with Crippen LogP contribution in [0.3, 0.4) is 0 Å². The van der Waals surface area contributed by atoms with Crippen molar-refractivity contribution >= 4 is 68.6 Å². The highest BCUT2D eigenvalue weighted by Crippen LogP contribution is 2.63. The molecule has 4 heteroatoms. The third-order valence-corrected chi connectivity index (χ3v) is 19.7. The summed E-state index contributed by atoms with van der Waals surface area (Å²) in [7, 11) is 0. The Hall–Kier alpha value is -7.56. The van der Waals surface area contributed by atoms with Gasteiger partial charge in [-0.3, -0.25) is 0 Å². The Morgan fingerprint density at radius 1 is 0.367 bits per heavy atom. The molecule has 1 saturated carbocycles. The summed E-state index contributed by atoms with van der Waals surface area (Å²) in [6, 6.07) is 78.2. The van der Waals surface area contributed by atoms with Gasteiger partial charge in [0.25, 0.3) is 6.71 Å². The molecule has 3 nitrogen and oxygen atoms in total. The highest BCUT2D eigenvalue weighted by atomic mass is 15.3. The van der Waals surface area contributed by atoms with Crippen LogP contribution in [0.2, 0.25) is 0 Å². The molecule has 1 aliphatic carbocycles. The third-order valence-electron chi connectivity index (χ3n) is 19.7. The fourth-order valence-electron chi connectivity index (χ4n) is 15.3. The molecule has 9 aromatic carbocycles. The zero-order chi connectivity index (χ0) is 54.6. The lowest BCUT2D eigenvalue weighted by Gasteiger charge is -2.54. The van der Waals surface area contributed by atoms with Crippen molar-refractivity contribution in [1.82, 2.24) is 0 Å². The number of hydrogen-bond acceptors (Lipinski definition) is 3. The summed E-state index contributed by atoms with van der Waals surface area (Å²) in [5.41, 5.74) is 26.1. The Balaban J connectivity index is 1.18. The van der Waals surface area contributed by atoms with Gasteiger partial charge in [0, 0.05) is 50.9 Å². The van der Waals surface area contributed by atoms with Crippen LogP contribution in [0.4, 0.5) is 45.5 Å². The molecular weight excluding hydrogens is 954 g/mol. The number of anilines is 8. The molecule has 0 spiro atoms. The van der Waals surface area contributed by atoms with Gasteiger partial charge in [0.2, 0.25) is 0 Å². The first-order valence-electron chi connectivity index (χ1n) is 29.3. The maximum Gasteiger partial charge on any atom is 0.253 e. The second-order valence-electron chi connectivity index (χ2n) is 27.3. The second-order valence-corrected chi connectivity index (χ2v) is 27.3. The molecule has 0 radical (unpaired) electrons. The number of rotatable bonds is 6. The Morgan fingerprint density at radius 3 is 1.30 bits per heavy atom. The van der Waals surface area contributed by atoms with Crippen LogP contribution < -0.4 is 31.1 Å². The summed E-state index contributed by atoms with van der Waals surface area (Å²) in [6.45, 7) is 26.5. The van der Waals surface area contributed by atoms with Gasteiger partial charge in [0.15, 0.2) is 0 Å². The molecule has 2 unspecified atom stereocenters. The van der Waals surface area contributed by atoms with Gasteiger partial charge in [-0.05, 0) is 163 Å². The maximum atomic E-state index is 2.81. The van der Waals surface area contributed by atoms with E-state index >= 15 is 0 Å². The topological polar surface area (TPSA) is 9.72 Å². The van der Waals surface area contributed by atoms with Crippen molar-refractivity contribution in [2.75, 3.05) is 14.7 Å². The summed E-state index contributed by atoms with van der Waals surface area (Å²) in [5, 5.41) is 0. The van der Waals surface area contributed by atoms with Crippen molar-refractivity contribution in [3.63, 3.8) is 0 Å². The van der Waals surface area contributed by atoms with E-state index in [1.54, 1.807) is 0 Å². The van der Waals surface area contributed by atoms with Crippen LogP contribution in [-0.2, 0) is 27.1 Å². The fourth-order valence-corrected chi connectivity index (χ4v) is 15.3. The fraction of sp³-hybridized carbons (Fsp3) is 0.280. The molecule has 0 bridgehead atoms. The summed E-state index contributed by atoms with van der Waals surface area (Å²) in [5.74, 6) is 0. The molecule has 0 N–H and O–H groups in total. The maximum absolute atomic E-state index is 2.81.